The summed E-state index contributed by atoms with van der Waals surface area (Å²) in [5, 5.41) is 3.00. The molecule has 1 aromatic rings. The van der Waals surface area contributed by atoms with E-state index in [1.54, 1.807) is 4.90 Å². The van der Waals surface area contributed by atoms with Crippen molar-refractivity contribution in [2.24, 2.45) is 5.92 Å². The smallest absolute Gasteiger partial charge is 0.321 e. The molecule has 4 rings (SSSR count). The zero-order chi connectivity index (χ0) is 17.2. The topological polar surface area (TPSA) is 61.9 Å². The minimum Gasteiger partial charge on any atom is -0.380 e. The van der Waals surface area contributed by atoms with E-state index in [0.717, 1.165) is 42.9 Å². The predicted octanol–water partition coefficient (Wildman–Crippen LogP) is 2.63. The molecule has 1 saturated carbocycles. The zero-order valence-electron chi connectivity index (χ0n) is 14.5. The third-order valence-electron chi connectivity index (χ3n) is 5.18. The fourth-order valence-corrected chi connectivity index (χ4v) is 3.55. The molecule has 1 aromatic carbocycles. The molecule has 0 aromatic heterocycles. The highest BCUT2D eigenvalue weighted by Crippen LogP contribution is 2.36. The van der Waals surface area contributed by atoms with Crippen LogP contribution in [0.2, 0.25) is 0 Å². The fraction of sp³-hybridized carbons (Fsp3) is 0.579. The highest BCUT2D eigenvalue weighted by Gasteiger charge is 2.31. The number of nitrogens with one attached hydrogen (secondary N) is 1. The number of ether oxygens (including phenoxy) is 1. The van der Waals surface area contributed by atoms with E-state index < -0.39 is 0 Å². The molecule has 0 unspecified atom stereocenters. The molecule has 25 heavy (non-hydrogen) atoms. The van der Waals surface area contributed by atoms with Gasteiger partial charge in [-0.2, -0.15) is 0 Å². The Kier molecular flexibility index (Phi) is 4.61. The average Bonchev–Trinajstić information content (AvgIpc) is 3.44. The molecule has 134 valence electrons. The Balaban J connectivity index is 1.46. The lowest BCUT2D eigenvalue weighted by Gasteiger charge is -2.30. The van der Waals surface area contributed by atoms with Crippen LogP contribution in [0, 0.1) is 5.92 Å². The van der Waals surface area contributed by atoms with E-state index in [-0.39, 0.29) is 11.9 Å². The van der Waals surface area contributed by atoms with Gasteiger partial charge in [-0.25, -0.2) is 4.79 Å². The first-order valence-electron chi connectivity index (χ1n) is 9.27. The third-order valence-corrected chi connectivity index (χ3v) is 5.18. The van der Waals surface area contributed by atoms with Crippen LogP contribution < -0.4 is 10.2 Å². The lowest BCUT2D eigenvalue weighted by atomic mass is 10.00. The lowest BCUT2D eigenvalue weighted by molar-refractivity contribution is -0.118. The second-order valence-electron chi connectivity index (χ2n) is 7.17. The van der Waals surface area contributed by atoms with Crippen LogP contribution in [-0.4, -0.2) is 49.7 Å². The summed E-state index contributed by atoms with van der Waals surface area (Å²) in [4.78, 5) is 28.5. The number of carbonyl (C=O) groups excluding carboxylic acids is 2. The van der Waals surface area contributed by atoms with Crippen molar-refractivity contribution >= 4 is 23.3 Å². The number of fused-ring (bicyclic) bond motifs is 1. The van der Waals surface area contributed by atoms with Gasteiger partial charge in [0.05, 0.1) is 6.61 Å². The van der Waals surface area contributed by atoms with E-state index in [2.05, 4.69) is 5.32 Å². The van der Waals surface area contributed by atoms with E-state index in [9.17, 15) is 9.59 Å². The number of carbonyl (C=O) groups is 2. The predicted molar refractivity (Wildman–Crippen MR) is 95.9 cm³/mol. The first kappa shape index (κ1) is 16.4. The van der Waals surface area contributed by atoms with Crippen molar-refractivity contribution < 1.29 is 14.3 Å². The minimum absolute atomic E-state index is 0.0767. The average molecular weight is 343 g/mol. The van der Waals surface area contributed by atoms with Gasteiger partial charge in [0.2, 0.25) is 5.91 Å². The summed E-state index contributed by atoms with van der Waals surface area (Å²) in [7, 11) is 0. The largest absolute Gasteiger partial charge is 0.380 e. The summed E-state index contributed by atoms with van der Waals surface area (Å²) in [5.74, 6) is 0.889. The van der Waals surface area contributed by atoms with Gasteiger partial charge in [-0.3, -0.25) is 4.79 Å². The minimum atomic E-state index is -0.0767. The third kappa shape index (κ3) is 3.79. The molecule has 6 heteroatoms. The molecule has 0 atom stereocenters. The van der Waals surface area contributed by atoms with Crippen LogP contribution in [0.1, 0.15) is 31.2 Å². The van der Waals surface area contributed by atoms with Gasteiger partial charge in [0.25, 0.3) is 0 Å². The second kappa shape index (κ2) is 7.04. The Morgan fingerprint density at radius 3 is 2.92 bits per heavy atom. The number of benzene rings is 1. The van der Waals surface area contributed by atoms with E-state index in [1.807, 2.05) is 23.1 Å². The first-order valence-corrected chi connectivity index (χ1v) is 9.27. The summed E-state index contributed by atoms with van der Waals surface area (Å²) in [6.07, 6.45) is 4.63. The van der Waals surface area contributed by atoms with E-state index >= 15 is 0 Å². The Morgan fingerprint density at radius 2 is 2.08 bits per heavy atom. The van der Waals surface area contributed by atoms with Crippen LogP contribution in [0.5, 0.6) is 0 Å². The molecule has 1 aliphatic carbocycles. The molecular weight excluding hydrogens is 318 g/mol. The molecule has 0 radical (unpaired) electrons. The Morgan fingerprint density at radius 1 is 1.20 bits per heavy atom. The zero-order valence-corrected chi connectivity index (χ0v) is 14.5. The highest BCUT2D eigenvalue weighted by atomic mass is 16.5. The van der Waals surface area contributed by atoms with Crippen molar-refractivity contribution in [3.8, 4) is 0 Å². The number of rotatable bonds is 3. The quantitative estimate of drug-likeness (QED) is 0.918. The van der Waals surface area contributed by atoms with Gasteiger partial charge in [-0.1, -0.05) is 0 Å². The maximum atomic E-state index is 12.5. The van der Waals surface area contributed by atoms with Crippen LogP contribution in [0.4, 0.5) is 16.2 Å². The van der Waals surface area contributed by atoms with Crippen molar-refractivity contribution in [3.05, 3.63) is 23.8 Å². The van der Waals surface area contributed by atoms with Crippen LogP contribution >= 0.6 is 0 Å². The number of aryl methyl sites for hydroxylation is 1. The summed E-state index contributed by atoms with van der Waals surface area (Å²) >= 11 is 0. The molecule has 3 aliphatic rings. The normalized spacial score (nSPS) is 20.9. The van der Waals surface area contributed by atoms with Crippen molar-refractivity contribution in [1.29, 1.82) is 0 Å². The van der Waals surface area contributed by atoms with E-state index in [4.69, 9.17) is 4.74 Å². The Bertz CT molecular complexity index is 664. The molecule has 2 aliphatic heterocycles. The molecule has 2 heterocycles. The first-order chi connectivity index (χ1) is 12.2. The number of nitrogens with zero attached hydrogens (tertiary/aromatic N) is 2. The van der Waals surface area contributed by atoms with Crippen LogP contribution in [-0.2, 0) is 16.0 Å². The molecule has 3 amide bonds. The van der Waals surface area contributed by atoms with Crippen LogP contribution in [0.25, 0.3) is 0 Å². The number of urea groups is 1. The molecule has 0 spiro atoms. The second-order valence-corrected chi connectivity index (χ2v) is 7.17. The Hall–Kier alpha value is -2.08. The van der Waals surface area contributed by atoms with E-state index in [1.165, 1.54) is 12.8 Å². The standard InChI is InChI=1S/C19H25N3O3/c23-18-7-4-15-12-16(5-6-17(15)22(18)13-14-2-3-14)20-19(24)21-8-1-10-25-11-9-21/h5-6,12,14H,1-4,7-11,13H2,(H,20,24). The van der Waals surface area contributed by atoms with Gasteiger partial charge in [0, 0.05) is 44.0 Å². The van der Waals surface area contributed by atoms with Gasteiger partial charge in [0.15, 0.2) is 0 Å². The molecule has 1 N–H and O–H groups in total. The van der Waals surface area contributed by atoms with Crippen LogP contribution in [0.15, 0.2) is 18.2 Å². The van der Waals surface area contributed by atoms with Crippen molar-refractivity contribution in [3.63, 3.8) is 0 Å². The molecule has 6 nitrogen and oxygen atoms in total. The molecule has 2 fully saturated rings. The number of anilines is 2. The molecule has 1 saturated heterocycles. The van der Waals surface area contributed by atoms with Gasteiger partial charge >= 0.3 is 6.03 Å². The van der Waals surface area contributed by atoms with Gasteiger partial charge < -0.3 is 19.9 Å². The highest BCUT2D eigenvalue weighted by molar-refractivity contribution is 5.97. The molecular formula is C19H25N3O3. The summed E-state index contributed by atoms with van der Waals surface area (Å²) < 4.78 is 5.40. The lowest BCUT2D eigenvalue weighted by Crippen LogP contribution is -2.37. The maximum absolute atomic E-state index is 12.5. The summed E-state index contributed by atoms with van der Waals surface area (Å²) in [6, 6.07) is 5.83. The van der Waals surface area contributed by atoms with E-state index in [0.29, 0.717) is 32.1 Å². The fourth-order valence-electron chi connectivity index (χ4n) is 3.55. The monoisotopic (exact) mass is 343 g/mol. The SMILES string of the molecule is O=C(Nc1ccc2c(c1)CCC(=O)N2CC1CC1)N1CCCOCC1. The van der Waals surface area contributed by atoms with Crippen molar-refractivity contribution in [2.75, 3.05) is 43.1 Å². The number of hydrogen-bond donors (Lipinski definition) is 1. The molecule has 0 bridgehead atoms. The maximum Gasteiger partial charge on any atom is 0.321 e. The summed E-state index contributed by atoms with van der Waals surface area (Å²) in [5.41, 5.74) is 2.97. The van der Waals surface area contributed by atoms with Gasteiger partial charge in [-0.05, 0) is 55.4 Å². The van der Waals surface area contributed by atoms with Crippen molar-refractivity contribution in [2.45, 2.75) is 32.1 Å². The summed E-state index contributed by atoms with van der Waals surface area (Å²) in [6.45, 7) is 3.50. The Labute approximate surface area is 148 Å². The number of amides is 3. The van der Waals surface area contributed by atoms with Crippen LogP contribution in [0.3, 0.4) is 0 Å². The van der Waals surface area contributed by atoms with Crippen molar-refractivity contribution in [1.82, 2.24) is 4.90 Å². The number of hydrogen-bond acceptors (Lipinski definition) is 3. The van der Waals surface area contributed by atoms with Gasteiger partial charge in [0.1, 0.15) is 0 Å². The van der Waals surface area contributed by atoms with Gasteiger partial charge in [-0.15, -0.1) is 0 Å².